The number of hydrogen-bond acceptors (Lipinski definition) is 6. The molecule has 3 heterocycles. The first-order valence-electron chi connectivity index (χ1n) is 9.43. The first-order valence-corrected chi connectivity index (χ1v) is 9.43. The van der Waals surface area contributed by atoms with Crippen molar-refractivity contribution < 1.29 is 14.1 Å². The number of nitrogens with one attached hydrogen (secondary N) is 2. The van der Waals surface area contributed by atoms with E-state index in [1.165, 1.54) is 6.92 Å². The third-order valence-corrected chi connectivity index (χ3v) is 4.57. The fraction of sp³-hybridized carbons (Fsp3) is 0.190. The first-order chi connectivity index (χ1) is 14.5. The maximum atomic E-state index is 12.8. The standard InChI is InChI=1S/C21H20N6O3/c1-13-6-7-15(20-25-19(30-26-20)8-9-22-14(2)28)11-16(13)24-21(29)17-12-23-18-5-3-4-10-27(17)18/h3-7,10-12H,8-9H2,1-2H3,(H,22,28)(H,24,29). The van der Waals surface area contributed by atoms with E-state index in [0.29, 0.717) is 47.3 Å². The van der Waals surface area contributed by atoms with E-state index in [1.807, 2.05) is 37.3 Å². The highest BCUT2D eigenvalue weighted by Gasteiger charge is 2.15. The van der Waals surface area contributed by atoms with Crippen molar-refractivity contribution in [1.82, 2.24) is 24.8 Å². The molecule has 0 bridgehead atoms. The number of carbonyl (C=O) groups is 2. The molecule has 0 saturated heterocycles. The number of benzene rings is 1. The summed E-state index contributed by atoms with van der Waals surface area (Å²) in [5.74, 6) is 0.464. The summed E-state index contributed by atoms with van der Waals surface area (Å²) in [4.78, 5) is 32.4. The molecule has 3 aromatic heterocycles. The minimum absolute atomic E-state index is 0.111. The van der Waals surface area contributed by atoms with Crippen LogP contribution in [0.15, 0.2) is 53.3 Å². The highest BCUT2D eigenvalue weighted by Crippen LogP contribution is 2.24. The molecule has 4 aromatic rings. The van der Waals surface area contributed by atoms with E-state index < -0.39 is 0 Å². The Kier molecular flexibility index (Phi) is 5.25. The molecule has 0 radical (unpaired) electrons. The van der Waals surface area contributed by atoms with Crippen LogP contribution in [0.2, 0.25) is 0 Å². The van der Waals surface area contributed by atoms with Crippen molar-refractivity contribution in [3.63, 3.8) is 0 Å². The SMILES string of the molecule is CC(=O)NCCc1nc(-c2ccc(C)c(NC(=O)c3cnc4ccccn34)c2)no1. The summed E-state index contributed by atoms with van der Waals surface area (Å²) < 4.78 is 6.98. The number of aromatic nitrogens is 4. The van der Waals surface area contributed by atoms with Crippen LogP contribution in [0.1, 0.15) is 28.9 Å². The Labute approximate surface area is 172 Å². The smallest absolute Gasteiger partial charge is 0.274 e. The number of amides is 2. The molecule has 0 aliphatic heterocycles. The zero-order valence-corrected chi connectivity index (χ0v) is 16.5. The zero-order valence-electron chi connectivity index (χ0n) is 16.5. The van der Waals surface area contributed by atoms with E-state index >= 15 is 0 Å². The second-order valence-electron chi connectivity index (χ2n) is 6.80. The van der Waals surface area contributed by atoms with Crippen LogP contribution in [-0.4, -0.2) is 37.9 Å². The minimum Gasteiger partial charge on any atom is -0.356 e. The van der Waals surface area contributed by atoms with Gasteiger partial charge in [-0.3, -0.25) is 14.0 Å². The van der Waals surface area contributed by atoms with Crippen molar-refractivity contribution in [2.45, 2.75) is 20.3 Å². The van der Waals surface area contributed by atoms with Gasteiger partial charge in [-0.05, 0) is 30.7 Å². The summed E-state index contributed by atoms with van der Waals surface area (Å²) in [6.07, 6.45) is 3.78. The highest BCUT2D eigenvalue weighted by molar-refractivity contribution is 6.04. The van der Waals surface area contributed by atoms with E-state index in [1.54, 1.807) is 22.9 Å². The second kappa shape index (κ2) is 8.16. The first kappa shape index (κ1) is 19.3. The summed E-state index contributed by atoms with van der Waals surface area (Å²) in [7, 11) is 0. The lowest BCUT2D eigenvalue weighted by Crippen LogP contribution is -2.22. The zero-order chi connectivity index (χ0) is 21.1. The number of imidazole rings is 1. The van der Waals surface area contributed by atoms with Gasteiger partial charge in [-0.15, -0.1) is 0 Å². The molecule has 4 rings (SSSR count). The predicted molar refractivity (Wildman–Crippen MR) is 110 cm³/mol. The number of carbonyl (C=O) groups excluding carboxylic acids is 2. The molecular weight excluding hydrogens is 384 g/mol. The number of rotatable bonds is 6. The molecule has 0 aliphatic rings. The third kappa shape index (κ3) is 4.04. The van der Waals surface area contributed by atoms with Crippen LogP contribution < -0.4 is 10.6 Å². The maximum Gasteiger partial charge on any atom is 0.274 e. The number of anilines is 1. The summed E-state index contributed by atoms with van der Waals surface area (Å²) in [6, 6.07) is 11.1. The van der Waals surface area contributed by atoms with Gasteiger partial charge in [0.1, 0.15) is 11.3 Å². The number of aryl methyl sites for hydroxylation is 1. The fourth-order valence-electron chi connectivity index (χ4n) is 3.00. The third-order valence-electron chi connectivity index (χ3n) is 4.57. The van der Waals surface area contributed by atoms with Crippen molar-refractivity contribution in [3.8, 4) is 11.4 Å². The Balaban J connectivity index is 1.53. The van der Waals surface area contributed by atoms with Crippen LogP contribution in [0.5, 0.6) is 0 Å². The predicted octanol–water partition coefficient (Wildman–Crippen LogP) is 2.62. The number of hydrogen-bond donors (Lipinski definition) is 2. The Morgan fingerprint density at radius 2 is 2.07 bits per heavy atom. The van der Waals surface area contributed by atoms with Crippen LogP contribution in [0.4, 0.5) is 5.69 Å². The van der Waals surface area contributed by atoms with Crippen LogP contribution in [0.25, 0.3) is 17.0 Å². The molecule has 0 atom stereocenters. The average molecular weight is 404 g/mol. The lowest BCUT2D eigenvalue weighted by atomic mass is 10.1. The van der Waals surface area contributed by atoms with Gasteiger partial charge in [0.05, 0.1) is 6.20 Å². The highest BCUT2D eigenvalue weighted by atomic mass is 16.5. The Morgan fingerprint density at radius 1 is 1.20 bits per heavy atom. The molecule has 0 fully saturated rings. The quantitative estimate of drug-likeness (QED) is 0.511. The van der Waals surface area contributed by atoms with Crippen LogP contribution in [0, 0.1) is 6.92 Å². The van der Waals surface area contributed by atoms with Crippen molar-refractivity contribution in [3.05, 3.63) is 65.9 Å². The van der Waals surface area contributed by atoms with Crippen molar-refractivity contribution in [2.75, 3.05) is 11.9 Å². The van der Waals surface area contributed by atoms with Crippen LogP contribution in [-0.2, 0) is 11.2 Å². The molecule has 2 N–H and O–H groups in total. The van der Waals surface area contributed by atoms with Gasteiger partial charge in [0.15, 0.2) is 0 Å². The maximum absolute atomic E-state index is 12.8. The van der Waals surface area contributed by atoms with Gasteiger partial charge in [0, 0.05) is 37.3 Å². The van der Waals surface area contributed by atoms with Gasteiger partial charge in [-0.1, -0.05) is 23.4 Å². The summed E-state index contributed by atoms with van der Waals surface area (Å²) in [5, 5.41) is 9.62. The minimum atomic E-state index is -0.266. The van der Waals surface area contributed by atoms with Crippen LogP contribution >= 0.6 is 0 Å². The van der Waals surface area contributed by atoms with Gasteiger partial charge in [0.25, 0.3) is 5.91 Å². The average Bonchev–Trinajstić information content (AvgIpc) is 3.36. The lowest BCUT2D eigenvalue weighted by Gasteiger charge is -2.09. The summed E-state index contributed by atoms with van der Waals surface area (Å²) in [5.41, 5.74) is 3.40. The normalized spacial score (nSPS) is 10.9. The Hall–Kier alpha value is -4.01. The van der Waals surface area contributed by atoms with Gasteiger partial charge in [-0.2, -0.15) is 4.98 Å². The molecule has 0 spiro atoms. The number of nitrogens with zero attached hydrogens (tertiary/aromatic N) is 4. The van der Waals surface area contributed by atoms with E-state index in [9.17, 15) is 9.59 Å². The molecule has 0 saturated carbocycles. The largest absolute Gasteiger partial charge is 0.356 e. The van der Waals surface area contributed by atoms with E-state index in [2.05, 4.69) is 25.8 Å². The molecule has 9 nitrogen and oxygen atoms in total. The molecule has 0 aliphatic carbocycles. The molecule has 2 amide bonds. The summed E-state index contributed by atoms with van der Waals surface area (Å²) in [6.45, 7) is 3.78. The topological polar surface area (TPSA) is 114 Å². The number of fused-ring (bicyclic) bond motifs is 1. The number of pyridine rings is 1. The van der Waals surface area contributed by atoms with Crippen molar-refractivity contribution in [1.29, 1.82) is 0 Å². The van der Waals surface area contributed by atoms with Crippen LogP contribution in [0.3, 0.4) is 0 Å². The Morgan fingerprint density at radius 3 is 2.90 bits per heavy atom. The van der Waals surface area contributed by atoms with Gasteiger partial charge >= 0.3 is 0 Å². The van der Waals surface area contributed by atoms with Crippen molar-refractivity contribution >= 4 is 23.1 Å². The molecule has 30 heavy (non-hydrogen) atoms. The van der Waals surface area contributed by atoms with Gasteiger partial charge in [0.2, 0.25) is 17.6 Å². The molecule has 152 valence electrons. The summed E-state index contributed by atoms with van der Waals surface area (Å²) >= 11 is 0. The molecule has 1 aromatic carbocycles. The molecule has 0 unspecified atom stereocenters. The van der Waals surface area contributed by atoms with Gasteiger partial charge in [-0.25, -0.2) is 4.98 Å². The van der Waals surface area contributed by atoms with Gasteiger partial charge < -0.3 is 15.2 Å². The second-order valence-corrected chi connectivity index (χ2v) is 6.80. The fourth-order valence-corrected chi connectivity index (χ4v) is 3.00. The Bertz CT molecular complexity index is 1230. The molecular formula is C21H20N6O3. The lowest BCUT2D eigenvalue weighted by molar-refractivity contribution is -0.118. The van der Waals surface area contributed by atoms with E-state index in [0.717, 1.165) is 5.56 Å². The molecule has 9 heteroatoms. The van der Waals surface area contributed by atoms with E-state index in [4.69, 9.17) is 4.52 Å². The van der Waals surface area contributed by atoms with Crippen molar-refractivity contribution in [2.24, 2.45) is 0 Å². The monoisotopic (exact) mass is 404 g/mol. The van der Waals surface area contributed by atoms with E-state index in [-0.39, 0.29) is 11.8 Å².